The lowest BCUT2D eigenvalue weighted by atomic mass is 10.0. The third kappa shape index (κ3) is 6.12. The number of amides is 1. The third-order valence-corrected chi connectivity index (χ3v) is 8.21. The van der Waals surface area contributed by atoms with E-state index >= 15 is 0 Å². The molecule has 7 nitrogen and oxygen atoms in total. The van der Waals surface area contributed by atoms with Gasteiger partial charge in [0.25, 0.3) is 5.91 Å². The second-order valence-corrected chi connectivity index (χ2v) is 10.7. The fourth-order valence-electron chi connectivity index (χ4n) is 4.15. The molecule has 9 heteroatoms. The van der Waals surface area contributed by atoms with Gasteiger partial charge >= 0.3 is 0 Å². The Bertz CT molecular complexity index is 1230. The lowest BCUT2D eigenvalue weighted by Gasteiger charge is -2.18. The minimum atomic E-state index is -0.168. The number of aliphatic imine (C=N–C) groups is 1. The summed E-state index contributed by atoms with van der Waals surface area (Å²) in [5, 5.41) is 12.9. The smallest absolute Gasteiger partial charge is 0.266 e. The number of anilines is 1. The van der Waals surface area contributed by atoms with Crippen LogP contribution in [0.15, 0.2) is 69.8 Å². The Hall–Kier alpha value is -3.22. The number of rotatable bonds is 5. The summed E-state index contributed by atoms with van der Waals surface area (Å²) in [4.78, 5) is 27.3. The number of carbonyl (C=O) groups excluding carboxylic acids is 1. The molecule has 0 saturated carbocycles. The van der Waals surface area contributed by atoms with Crippen molar-refractivity contribution in [3.8, 4) is 6.07 Å². The minimum Gasteiger partial charge on any atom is -0.384 e. The summed E-state index contributed by atoms with van der Waals surface area (Å²) >= 11 is 3.28. The van der Waals surface area contributed by atoms with Crippen molar-refractivity contribution in [2.45, 2.75) is 39.2 Å². The van der Waals surface area contributed by atoms with E-state index in [1.807, 2.05) is 36.9 Å². The molecule has 2 aromatic rings. The molecule has 5 rings (SSSR count). The second kappa shape index (κ2) is 12.2. The second-order valence-electron chi connectivity index (χ2n) is 8.59. The summed E-state index contributed by atoms with van der Waals surface area (Å²) in [6, 6.07) is 11.1. The average Bonchev–Trinajstić information content (AvgIpc) is 3.41. The highest BCUT2D eigenvalue weighted by Crippen LogP contribution is 2.40. The molecule has 1 fully saturated rings. The first-order chi connectivity index (χ1) is 17.5. The van der Waals surface area contributed by atoms with Gasteiger partial charge in [-0.1, -0.05) is 12.6 Å². The third-order valence-electron chi connectivity index (χ3n) is 5.99. The molecule has 1 aromatic heterocycles. The average molecular weight is 519 g/mol. The van der Waals surface area contributed by atoms with Gasteiger partial charge in [0.1, 0.15) is 0 Å². The SMILES string of the molecule is C=C1SC(=Nc2cc(C#N)ccc2NCC)N(Cc2cccnc2)C1=O.CN1CSC2=C1CCCC2. The number of thioether (sulfide) groups is 2. The fraction of sp³-hybridized carbons (Fsp3) is 0.333. The molecule has 3 heterocycles. The molecule has 0 bridgehead atoms. The van der Waals surface area contributed by atoms with Crippen LogP contribution in [0, 0.1) is 11.3 Å². The molecule has 1 amide bonds. The van der Waals surface area contributed by atoms with Gasteiger partial charge in [-0.05, 0) is 74.2 Å². The van der Waals surface area contributed by atoms with Crippen molar-refractivity contribution in [2.75, 3.05) is 24.8 Å². The molecule has 0 spiro atoms. The van der Waals surface area contributed by atoms with Crippen LogP contribution in [0.4, 0.5) is 11.4 Å². The number of nitrogens with zero attached hydrogens (tertiary/aromatic N) is 5. The van der Waals surface area contributed by atoms with Crippen LogP contribution in [0.1, 0.15) is 43.7 Å². The standard InChI is InChI=1S/C19H17N5OS.C8H13NS/c1-3-22-16-7-6-14(10-20)9-17(16)23-19-24(18(25)13(2)26-19)12-15-5-4-8-21-11-15;1-9-6-10-8-5-3-2-4-7(8)9/h4-9,11,22H,2-3,12H2,1H3;2-6H2,1H3. The van der Waals surface area contributed by atoms with Crippen LogP contribution in [0.3, 0.4) is 0 Å². The van der Waals surface area contributed by atoms with E-state index in [4.69, 9.17) is 5.26 Å². The van der Waals surface area contributed by atoms with Gasteiger partial charge in [-0.2, -0.15) is 5.26 Å². The highest BCUT2D eigenvalue weighted by Gasteiger charge is 2.32. The summed E-state index contributed by atoms with van der Waals surface area (Å²) in [6.07, 6.45) is 8.91. The highest BCUT2D eigenvalue weighted by molar-refractivity contribution is 8.18. The number of nitriles is 1. The van der Waals surface area contributed by atoms with Crippen molar-refractivity contribution in [3.05, 3.63) is 75.9 Å². The van der Waals surface area contributed by atoms with Gasteiger partial charge in [0.05, 0.1) is 40.3 Å². The van der Waals surface area contributed by atoms with Crippen molar-refractivity contribution in [1.82, 2.24) is 14.8 Å². The van der Waals surface area contributed by atoms with E-state index in [2.05, 4.69) is 39.9 Å². The number of nitrogens with one attached hydrogen (secondary N) is 1. The Kier molecular flexibility index (Phi) is 8.73. The number of pyridine rings is 1. The van der Waals surface area contributed by atoms with E-state index in [-0.39, 0.29) is 5.91 Å². The van der Waals surface area contributed by atoms with Gasteiger partial charge in [0.15, 0.2) is 5.17 Å². The van der Waals surface area contributed by atoms with Crippen molar-refractivity contribution in [1.29, 1.82) is 5.26 Å². The van der Waals surface area contributed by atoms with Crippen molar-refractivity contribution < 1.29 is 4.79 Å². The molecule has 0 radical (unpaired) electrons. The molecule has 1 aromatic carbocycles. The van der Waals surface area contributed by atoms with Crippen molar-refractivity contribution in [3.63, 3.8) is 0 Å². The number of aromatic nitrogens is 1. The number of hydrogen-bond donors (Lipinski definition) is 1. The van der Waals surface area contributed by atoms with Crippen LogP contribution >= 0.6 is 23.5 Å². The Balaban J connectivity index is 0.000000251. The fourth-order valence-corrected chi connectivity index (χ4v) is 6.19. The van der Waals surface area contributed by atoms with E-state index in [9.17, 15) is 4.79 Å². The van der Waals surface area contributed by atoms with Gasteiger partial charge in [-0.3, -0.25) is 14.7 Å². The van der Waals surface area contributed by atoms with Gasteiger partial charge in [0, 0.05) is 36.6 Å². The molecule has 186 valence electrons. The zero-order valence-electron chi connectivity index (χ0n) is 20.7. The lowest BCUT2D eigenvalue weighted by Crippen LogP contribution is -2.28. The van der Waals surface area contributed by atoms with E-state index in [0.29, 0.717) is 27.9 Å². The molecule has 0 atom stereocenters. The van der Waals surface area contributed by atoms with Gasteiger partial charge in [0.2, 0.25) is 0 Å². The summed E-state index contributed by atoms with van der Waals surface area (Å²) in [5.74, 6) is 1.03. The summed E-state index contributed by atoms with van der Waals surface area (Å²) in [6.45, 7) is 6.90. The molecule has 1 aliphatic carbocycles. The highest BCUT2D eigenvalue weighted by atomic mass is 32.2. The van der Waals surface area contributed by atoms with Crippen LogP contribution in [-0.2, 0) is 11.3 Å². The number of carbonyl (C=O) groups is 1. The maximum atomic E-state index is 12.5. The molecule has 36 heavy (non-hydrogen) atoms. The number of allylic oxidation sites excluding steroid dienone is 2. The quantitative estimate of drug-likeness (QED) is 0.481. The number of benzene rings is 1. The predicted octanol–water partition coefficient (Wildman–Crippen LogP) is 6.07. The minimum absolute atomic E-state index is 0.168. The maximum Gasteiger partial charge on any atom is 0.266 e. The van der Waals surface area contributed by atoms with E-state index in [0.717, 1.165) is 17.8 Å². The van der Waals surface area contributed by atoms with Crippen molar-refractivity contribution >= 4 is 46.0 Å². The molecule has 1 saturated heterocycles. The van der Waals surface area contributed by atoms with Crippen LogP contribution in [0.2, 0.25) is 0 Å². The molecule has 1 N–H and O–H groups in total. The summed E-state index contributed by atoms with van der Waals surface area (Å²) < 4.78 is 0. The zero-order chi connectivity index (χ0) is 25.5. The monoisotopic (exact) mass is 518 g/mol. The molecule has 2 aliphatic heterocycles. The van der Waals surface area contributed by atoms with Crippen LogP contribution in [0.5, 0.6) is 0 Å². The Morgan fingerprint density at radius 1 is 1.28 bits per heavy atom. The molecular formula is C27H30N6OS2. The largest absolute Gasteiger partial charge is 0.384 e. The first-order valence-corrected chi connectivity index (χ1v) is 13.8. The van der Waals surface area contributed by atoms with Crippen LogP contribution < -0.4 is 5.32 Å². The van der Waals surface area contributed by atoms with Gasteiger partial charge in [-0.15, -0.1) is 11.8 Å². The topological polar surface area (TPSA) is 84.6 Å². The van der Waals surface area contributed by atoms with Crippen LogP contribution in [0.25, 0.3) is 0 Å². The van der Waals surface area contributed by atoms with Crippen LogP contribution in [-0.4, -0.2) is 45.3 Å². The van der Waals surface area contributed by atoms with E-state index in [1.54, 1.807) is 40.0 Å². The molecule has 3 aliphatic rings. The molecular weight excluding hydrogens is 488 g/mol. The predicted molar refractivity (Wildman–Crippen MR) is 150 cm³/mol. The maximum absolute atomic E-state index is 12.5. The van der Waals surface area contributed by atoms with E-state index in [1.165, 1.54) is 43.3 Å². The Morgan fingerprint density at radius 2 is 2.11 bits per heavy atom. The molecule has 0 unspecified atom stereocenters. The zero-order valence-corrected chi connectivity index (χ0v) is 22.3. The number of hydrogen-bond acceptors (Lipinski definition) is 8. The lowest BCUT2D eigenvalue weighted by molar-refractivity contribution is -0.122. The first-order valence-electron chi connectivity index (χ1n) is 12.0. The Morgan fingerprint density at radius 3 is 2.83 bits per heavy atom. The van der Waals surface area contributed by atoms with Gasteiger partial charge < -0.3 is 10.2 Å². The number of amidine groups is 1. The summed E-state index contributed by atoms with van der Waals surface area (Å²) in [5.41, 5.74) is 4.48. The van der Waals surface area contributed by atoms with Crippen molar-refractivity contribution in [2.24, 2.45) is 4.99 Å². The summed E-state index contributed by atoms with van der Waals surface area (Å²) in [7, 11) is 2.21. The van der Waals surface area contributed by atoms with Gasteiger partial charge in [-0.25, -0.2) is 4.99 Å². The van der Waals surface area contributed by atoms with E-state index < -0.39 is 0 Å². The Labute approximate surface area is 221 Å². The normalized spacial score (nSPS) is 18.2. The first kappa shape index (κ1) is 25.9.